The quantitative estimate of drug-likeness (QED) is 0.587. The van der Waals surface area contributed by atoms with Crippen LogP contribution >= 0.6 is 0 Å². The molecule has 1 atom stereocenters. The van der Waals surface area contributed by atoms with Gasteiger partial charge in [0.2, 0.25) is 0 Å². The summed E-state index contributed by atoms with van der Waals surface area (Å²) in [5.74, 6) is 2.41. The Morgan fingerprint density at radius 2 is 2.50 bits per heavy atom. The van der Waals surface area contributed by atoms with Crippen LogP contribution in [0.25, 0.3) is 0 Å². The van der Waals surface area contributed by atoms with E-state index < -0.39 is 6.85 Å². The van der Waals surface area contributed by atoms with Crippen molar-refractivity contribution >= 4 is 6.85 Å². The van der Waals surface area contributed by atoms with Crippen molar-refractivity contribution in [2.45, 2.75) is 26.7 Å². The second-order valence-corrected chi connectivity index (χ2v) is 3.63. The molecule has 0 spiro atoms. The first kappa shape index (κ1) is 9.34. The van der Waals surface area contributed by atoms with Crippen LogP contribution in [0.5, 0.6) is 0 Å². The van der Waals surface area contributed by atoms with E-state index in [4.69, 9.17) is 5.26 Å². The van der Waals surface area contributed by atoms with Gasteiger partial charge in [-0.1, -0.05) is 20.3 Å². The number of rotatable bonds is 3. The van der Waals surface area contributed by atoms with Crippen LogP contribution in [0, 0.1) is 11.2 Å². The minimum absolute atomic E-state index is 0.760. The van der Waals surface area contributed by atoms with Gasteiger partial charge >= 0.3 is 0 Å². The van der Waals surface area contributed by atoms with Crippen molar-refractivity contribution in [1.82, 2.24) is 4.81 Å². The van der Waals surface area contributed by atoms with Gasteiger partial charge in [0.25, 0.3) is 0 Å². The third-order valence-electron chi connectivity index (χ3n) is 2.65. The van der Waals surface area contributed by atoms with Crippen molar-refractivity contribution in [3.8, 4) is 5.97 Å². The standard InChI is InChI=1S/C9H16BN2/c1-3-4-6-12-7-5-9(2)10(12)8-11/h5,10H,3-4,6-7H2,1-2H3/q-1. The number of unbranched alkanes of at least 4 members (excludes halogenated alkanes) is 1. The molecule has 0 bridgehead atoms. The maximum Gasteiger partial charge on any atom is 0.176 e. The Morgan fingerprint density at radius 1 is 1.75 bits per heavy atom. The van der Waals surface area contributed by atoms with Gasteiger partial charge < -0.3 is 4.81 Å². The second-order valence-electron chi connectivity index (χ2n) is 3.63. The lowest BCUT2D eigenvalue weighted by molar-refractivity contribution is 0.477. The molecule has 0 aromatic rings. The van der Waals surface area contributed by atoms with E-state index >= 15 is 0 Å². The molecule has 0 aliphatic carbocycles. The summed E-state index contributed by atoms with van der Waals surface area (Å²) in [7, 11) is 0. The van der Waals surface area contributed by atoms with Gasteiger partial charge in [-0.05, 0) is 19.5 Å². The highest BCUT2D eigenvalue weighted by molar-refractivity contribution is 6.72. The molecule has 1 rings (SSSR count). The molecule has 0 saturated heterocycles. The molecule has 0 saturated carbocycles. The Balaban J connectivity index is 2.44. The minimum Gasteiger partial charge on any atom is -0.458 e. The fourth-order valence-corrected chi connectivity index (χ4v) is 1.76. The summed E-state index contributed by atoms with van der Waals surface area (Å²) < 4.78 is 0. The molecule has 0 amide bonds. The molecule has 0 fully saturated rings. The SMILES string of the molecule is CCCCN1CC=C(C)[BH-]1C#N. The highest BCUT2D eigenvalue weighted by Gasteiger charge is 2.16. The van der Waals surface area contributed by atoms with Gasteiger partial charge in [0.15, 0.2) is 6.85 Å². The van der Waals surface area contributed by atoms with Crippen LogP contribution in [0.2, 0.25) is 0 Å². The van der Waals surface area contributed by atoms with Gasteiger partial charge in [0.1, 0.15) is 0 Å². The van der Waals surface area contributed by atoms with Crippen molar-refractivity contribution < 1.29 is 0 Å². The molecule has 1 aliphatic rings. The fraction of sp³-hybridized carbons (Fsp3) is 0.667. The Labute approximate surface area is 75.0 Å². The molecule has 66 valence electrons. The third kappa shape index (κ3) is 1.89. The number of hydrogen-bond donors (Lipinski definition) is 0. The van der Waals surface area contributed by atoms with Crippen molar-refractivity contribution in [3.63, 3.8) is 0 Å². The molecule has 3 heteroatoms. The largest absolute Gasteiger partial charge is 0.458 e. The smallest absolute Gasteiger partial charge is 0.176 e. The van der Waals surface area contributed by atoms with Crippen molar-refractivity contribution in [2.75, 3.05) is 13.1 Å². The lowest BCUT2D eigenvalue weighted by atomic mass is 9.58. The molecule has 1 unspecified atom stereocenters. The number of nitrogens with zero attached hydrogens (tertiary/aromatic N) is 2. The van der Waals surface area contributed by atoms with Crippen LogP contribution in [0.15, 0.2) is 11.5 Å². The van der Waals surface area contributed by atoms with Crippen molar-refractivity contribution in [2.24, 2.45) is 0 Å². The molecule has 0 aromatic carbocycles. The van der Waals surface area contributed by atoms with Gasteiger partial charge in [0.05, 0.1) is 0 Å². The van der Waals surface area contributed by atoms with E-state index in [1.165, 1.54) is 18.3 Å². The molecule has 1 aliphatic heterocycles. The topological polar surface area (TPSA) is 27.0 Å². The Kier molecular flexibility index (Phi) is 3.37. The first-order valence-electron chi connectivity index (χ1n) is 4.78. The molecule has 0 aromatic heterocycles. The lowest BCUT2D eigenvalue weighted by Gasteiger charge is -2.28. The first-order chi connectivity index (χ1) is 5.79. The van der Waals surface area contributed by atoms with Crippen LogP contribution in [0.1, 0.15) is 26.7 Å². The van der Waals surface area contributed by atoms with Crippen LogP contribution in [0.3, 0.4) is 0 Å². The van der Waals surface area contributed by atoms with Gasteiger partial charge in [-0.25, -0.2) is 10.7 Å². The van der Waals surface area contributed by atoms with Gasteiger partial charge in [-0.3, -0.25) is 0 Å². The van der Waals surface area contributed by atoms with E-state index in [2.05, 4.69) is 30.7 Å². The van der Waals surface area contributed by atoms with Gasteiger partial charge in [-0.2, -0.15) is 0 Å². The van der Waals surface area contributed by atoms with E-state index in [1.807, 2.05) is 0 Å². The zero-order valence-corrected chi connectivity index (χ0v) is 8.01. The summed E-state index contributed by atoms with van der Waals surface area (Å²) in [5.41, 5.74) is 1.30. The van der Waals surface area contributed by atoms with Crippen LogP contribution in [-0.2, 0) is 0 Å². The van der Waals surface area contributed by atoms with E-state index in [0.717, 1.165) is 13.1 Å². The Bertz CT molecular complexity index is 217. The van der Waals surface area contributed by atoms with E-state index in [9.17, 15) is 0 Å². The predicted molar refractivity (Wildman–Crippen MR) is 53.0 cm³/mol. The third-order valence-corrected chi connectivity index (χ3v) is 2.65. The molecule has 12 heavy (non-hydrogen) atoms. The zero-order chi connectivity index (χ0) is 8.97. The normalized spacial score (nSPS) is 23.8. The van der Waals surface area contributed by atoms with Crippen LogP contribution in [-0.4, -0.2) is 24.7 Å². The van der Waals surface area contributed by atoms with Crippen molar-refractivity contribution in [1.29, 1.82) is 5.26 Å². The number of nitriles is 1. The highest BCUT2D eigenvalue weighted by Crippen LogP contribution is 2.13. The lowest BCUT2D eigenvalue weighted by Crippen LogP contribution is -2.35. The maximum absolute atomic E-state index is 8.91. The molecular weight excluding hydrogens is 147 g/mol. The van der Waals surface area contributed by atoms with Crippen LogP contribution < -0.4 is 0 Å². The average Bonchev–Trinajstić information content (AvgIpc) is 2.43. The van der Waals surface area contributed by atoms with Crippen molar-refractivity contribution in [3.05, 3.63) is 11.5 Å². The summed E-state index contributed by atoms with van der Waals surface area (Å²) in [6.07, 6.45) is 4.62. The monoisotopic (exact) mass is 163 g/mol. The molecule has 0 N–H and O–H groups in total. The summed E-state index contributed by atoms with van der Waals surface area (Å²) in [6, 6.07) is 0. The zero-order valence-electron chi connectivity index (χ0n) is 8.01. The Morgan fingerprint density at radius 3 is 3.08 bits per heavy atom. The summed E-state index contributed by atoms with van der Waals surface area (Å²) in [4.78, 5) is 2.32. The second kappa shape index (κ2) is 4.32. The minimum atomic E-state index is -0.760. The molecule has 1 heterocycles. The molecular formula is C9H16BN2-. The first-order valence-corrected chi connectivity index (χ1v) is 4.78. The number of hydrogen-bond acceptors (Lipinski definition) is 2. The summed E-state index contributed by atoms with van der Waals surface area (Å²) in [6.45, 7) is 5.60. The van der Waals surface area contributed by atoms with E-state index in [0.29, 0.717) is 0 Å². The van der Waals surface area contributed by atoms with Gasteiger partial charge in [-0.15, -0.1) is 12.0 Å². The van der Waals surface area contributed by atoms with E-state index in [-0.39, 0.29) is 0 Å². The highest BCUT2D eigenvalue weighted by atomic mass is 15.1. The molecule has 2 nitrogen and oxygen atoms in total. The summed E-state index contributed by atoms with van der Waals surface area (Å²) >= 11 is 0. The number of allylic oxidation sites excluding steroid dienone is 1. The maximum atomic E-state index is 8.91. The molecule has 0 radical (unpaired) electrons. The van der Waals surface area contributed by atoms with E-state index in [1.54, 1.807) is 0 Å². The van der Waals surface area contributed by atoms with Gasteiger partial charge in [0, 0.05) is 0 Å². The average molecular weight is 163 g/mol. The van der Waals surface area contributed by atoms with Crippen LogP contribution in [0.4, 0.5) is 0 Å². The fourth-order valence-electron chi connectivity index (χ4n) is 1.76. The summed E-state index contributed by atoms with van der Waals surface area (Å²) in [5, 5.41) is 8.91. The predicted octanol–water partition coefficient (Wildman–Crippen LogP) is 1.37. The Hall–Kier alpha value is -0.745.